The van der Waals surface area contributed by atoms with Gasteiger partial charge in [0.1, 0.15) is 5.75 Å². The second-order valence-corrected chi connectivity index (χ2v) is 10.5. The van der Waals surface area contributed by atoms with Crippen LogP contribution in [0.3, 0.4) is 0 Å². The van der Waals surface area contributed by atoms with E-state index in [0.717, 1.165) is 29.6 Å². The summed E-state index contributed by atoms with van der Waals surface area (Å²) in [5.74, 6) is 2.76. The maximum atomic E-state index is 6.07. The molecule has 5 nitrogen and oxygen atoms in total. The quantitative estimate of drug-likeness (QED) is 0.259. The lowest BCUT2D eigenvalue weighted by molar-refractivity contribution is 0.323. The fraction of sp³-hybridized carbons (Fsp3) is 0.467. The minimum absolute atomic E-state index is 0.342. The lowest BCUT2D eigenvalue weighted by Crippen LogP contribution is -2.25. The monoisotopic (exact) mass is 508 g/mol. The first-order valence-corrected chi connectivity index (χ1v) is 14.6. The summed E-state index contributed by atoms with van der Waals surface area (Å²) in [4.78, 5) is 2.25. The van der Waals surface area contributed by atoms with Crippen molar-refractivity contribution in [2.24, 2.45) is 0 Å². The molecule has 0 atom stereocenters. The van der Waals surface area contributed by atoms with Crippen LogP contribution in [-0.2, 0) is 0 Å². The molecule has 36 heavy (non-hydrogen) atoms. The van der Waals surface area contributed by atoms with Gasteiger partial charge in [0.2, 0.25) is 0 Å². The first-order chi connectivity index (χ1) is 17.4. The molecule has 0 aliphatic heterocycles. The number of ether oxygens (including phenoxy) is 1. The molecule has 1 aliphatic rings. The Morgan fingerprint density at radius 2 is 1.83 bits per heavy atom. The Kier molecular flexibility index (Phi) is 10.1. The number of hydrogen-bond acceptors (Lipinski definition) is 5. The molecule has 0 radical (unpaired) electrons. The zero-order valence-electron chi connectivity index (χ0n) is 23.1. The van der Waals surface area contributed by atoms with Gasteiger partial charge in [-0.1, -0.05) is 32.6 Å². The molecule has 1 heterocycles. The second-order valence-electron chi connectivity index (χ2n) is 9.55. The average molecular weight is 509 g/mol. The van der Waals surface area contributed by atoms with Gasteiger partial charge in [-0.3, -0.25) is 0 Å². The van der Waals surface area contributed by atoms with Crippen molar-refractivity contribution in [3.63, 3.8) is 0 Å². The van der Waals surface area contributed by atoms with Crippen LogP contribution in [0.5, 0.6) is 5.75 Å². The summed E-state index contributed by atoms with van der Waals surface area (Å²) >= 11 is 1.81. The minimum atomic E-state index is 0.342. The van der Waals surface area contributed by atoms with E-state index in [1.807, 2.05) is 25.6 Å². The van der Waals surface area contributed by atoms with Gasteiger partial charge >= 0.3 is 0 Å². The van der Waals surface area contributed by atoms with Gasteiger partial charge in [-0.2, -0.15) is 11.8 Å². The highest BCUT2D eigenvalue weighted by Crippen LogP contribution is 2.47. The van der Waals surface area contributed by atoms with Crippen LogP contribution in [0.15, 0.2) is 54.9 Å². The predicted octanol–water partition coefficient (Wildman–Crippen LogP) is 7.75. The molecule has 1 aliphatic carbocycles. The number of benzene rings is 2. The summed E-state index contributed by atoms with van der Waals surface area (Å²) in [5, 5.41) is 7.96. The van der Waals surface area contributed by atoms with Crippen LogP contribution in [0.2, 0.25) is 0 Å². The highest BCUT2D eigenvalue weighted by Gasteiger charge is 2.28. The van der Waals surface area contributed by atoms with Crippen LogP contribution < -0.4 is 20.3 Å². The Labute approximate surface area is 222 Å². The third kappa shape index (κ3) is 6.33. The summed E-state index contributed by atoms with van der Waals surface area (Å²) in [5.41, 5.74) is 6.08. The standard InChI is InChI=1S/C28H38N4OS.C2H6/c1-19(2)29-20(3)30-22-12-10-21(11-13-22)27-28(31(4)5)25-15-14-24(33-16-17-34-6)18-26(25)32(27)23-8-7-9-23;1-2/h10-15,18-19,23,29-30H,3,7-9,16-17H2,1-2,4-6H3;1-2H3. The molecule has 6 heteroatoms. The number of aromatic nitrogens is 1. The highest BCUT2D eigenvalue weighted by atomic mass is 32.2. The van der Waals surface area contributed by atoms with E-state index in [1.54, 1.807) is 0 Å². The Morgan fingerprint density at radius 1 is 1.14 bits per heavy atom. The van der Waals surface area contributed by atoms with E-state index in [9.17, 15) is 0 Å². The second kappa shape index (κ2) is 13.0. The molecular weight excluding hydrogens is 464 g/mol. The van der Waals surface area contributed by atoms with E-state index in [2.05, 4.69) is 103 Å². The van der Waals surface area contributed by atoms with Crippen molar-refractivity contribution < 1.29 is 4.74 Å². The van der Waals surface area contributed by atoms with Gasteiger partial charge in [0.05, 0.1) is 29.3 Å². The van der Waals surface area contributed by atoms with Gasteiger partial charge in [-0.15, -0.1) is 0 Å². The smallest absolute Gasteiger partial charge is 0.121 e. The van der Waals surface area contributed by atoms with Gasteiger partial charge in [0.15, 0.2) is 0 Å². The normalized spacial score (nSPS) is 13.1. The number of thioether (sulfide) groups is 1. The highest BCUT2D eigenvalue weighted by molar-refractivity contribution is 7.98. The van der Waals surface area contributed by atoms with Crippen molar-refractivity contribution in [1.82, 2.24) is 9.88 Å². The zero-order valence-corrected chi connectivity index (χ0v) is 24.0. The summed E-state index contributed by atoms with van der Waals surface area (Å²) in [7, 11) is 4.29. The molecule has 3 aromatic rings. The summed E-state index contributed by atoms with van der Waals surface area (Å²) < 4.78 is 8.63. The molecule has 0 spiro atoms. The summed E-state index contributed by atoms with van der Waals surface area (Å²) in [6.45, 7) is 13.0. The first-order valence-electron chi connectivity index (χ1n) is 13.2. The molecule has 196 valence electrons. The van der Waals surface area contributed by atoms with Crippen LogP contribution in [0, 0.1) is 0 Å². The fourth-order valence-corrected chi connectivity index (χ4v) is 4.88. The topological polar surface area (TPSA) is 41.5 Å². The van der Waals surface area contributed by atoms with Crippen molar-refractivity contribution in [3.8, 4) is 17.0 Å². The first kappa shape index (κ1) is 27.9. The van der Waals surface area contributed by atoms with Crippen LogP contribution in [0.1, 0.15) is 53.0 Å². The fourth-order valence-electron chi connectivity index (χ4n) is 4.63. The van der Waals surface area contributed by atoms with Gasteiger partial charge in [-0.25, -0.2) is 0 Å². The van der Waals surface area contributed by atoms with Gasteiger partial charge < -0.3 is 24.8 Å². The van der Waals surface area contributed by atoms with E-state index in [1.165, 1.54) is 47.1 Å². The third-order valence-corrected chi connectivity index (χ3v) is 6.88. The summed E-state index contributed by atoms with van der Waals surface area (Å²) in [6, 6.07) is 16.2. The molecule has 2 N–H and O–H groups in total. The molecule has 0 amide bonds. The Hall–Kier alpha value is -2.73. The Bertz CT molecular complexity index is 1130. The molecule has 1 saturated carbocycles. The van der Waals surface area contributed by atoms with E-state index in [0.29, 0.717) is 12.1 Å². The average Bonchev–Trinajstić information content (AvgIpc) is 3.14. The SMILES string of the molecule is C=C(Nc1ccc(-c2c(N(C)C)c3ccc(OCCSC)cc3n2C2CCC2)cc1)NC(C)C.CC. The van der Waals surface area contributed by atoms with E-state index >= 15 is 0 Å². The number of anilines is 2. The van der Waals surface area contributed by atoms with Crippen molar-refractivity contribution in [1.29, 1.82) is 0 Å². The van der Waals surface area contributed by atoms with Crippen LogP contribution in [0.4, 0.5) is 11.4 Å². The van der Waals surface area contributed by atoms with Gasteiger partial charge in [0, 0.05) is 54.6 Å². The molecule has 2 aromatic carbocycles. The minimum Gasteiger partial charge on any atom is -0.493 e. The molecular formula is C30H44N4OS. The zero-order chi connectivity index (χ0) is 26.2. The number of nitrogens with zero attached hydrogens (tertiary/aromatic N) is 2. The van der Waals surface area contributed by atoms with Crippen molar-refractivity contribution >= 4 is 34.0 Å². The molecule has 0 saturated heterocycles. The van der Waals surface area contributed by atoms with Gasteiger partial charge in [0.25, 0.3) is 0 Å². The number of hydrogen-bond donors (Lipinski definition) is 2. The van der Waals surface area contributed by atoms with Crippen LogP contribution in [0.25, 0.3) is 22.2 Å². The lowest BCUT2D eigenvalue weighted by atomic mass is 9.92. The molecule has 0 bridgehead atoms. The van der Waals surface area contributed by atoms with Crippen LogP contribution >= 0.6 is 11.8 Å². The maximum Gasteiger partial charge on any atom is 0.121 e. The van der Waals surface area contributed by atoms with Crippen molar-refractivity contribution in [2.45, 2.75) is 59.0 Å². The van der Waals surface area contributed by atoms with Crippen molar-refractivity contribution in [3.05, 3.63) is 54.9 Å². The number of fused-ring (bicyclic) bond motifs is 1. The number of rotatable bonds is 11. The maximum absolute atomic E-state index is 6.07. The number of nitrogens with one attached hydrogen (secondary N) is 2. The van der Waals surface area contributed by atoms with Gasteiger partial charge in [-0.05, 0) is 63.6 Å². The predicted molar refractivity (Wildman–Crippen MR) is 161 cm³/mol. The van der Waals surface area contributed by atoms with Crippen LogP contribution in [-0.4, -0.2) is 43.3 Å². The molecule has 1 aromatic heterocycles. The third-order valence-electron chi connectivity index (χ3n) is 6.31. The molecule has 0 unspecified atom stereocenters. The Morgan fingerprint density at radius 3 is 2.39 bits per heavy atom. The van der Waals surface area contributed by atoms with E-state index < -0.39 is 0 Å². The van der Waals surface area contributed by atoms with E-state index in [-0.39, 0.29) is 0 Å². The summed E-state index contributed by atoms with van der Waals surface area (Å²) in [6.07, 6.45) is 5.85. The lowest BCUT2D eigenvalue weighted by Gasteiger charge is -2.31. The van der Waals surface area contributed by atoms with Crippen molar-refractivity contribution in [2.75, 3.05) is 42.9 Å². The molecule has 4 rings (SSSR count). The largest absolute Gasteiger partial charge is 0.493 e. The Balaban J connectivity index is 0.00000176. The molecule has 1 fully saturated rings. The van der Waals surface area contributed by atoms with E-state index in [4.69, 9.17) is 4.74 Å².